The van der Waals surface area contributed by atoms with E-state index in [4.69, 9.17) is 0 Å². The number of nitrogens with zero attached hydrogens (tertiary/aromatic N) is 2. The third-order valence-electron chi connectivity index (χ3n) is 8.29. The van der Waals surface area contributed by atoms with E-state index in [-0.39, 0.29) is 56.1 Å². The van der Waals surface area contributed by atoms with Gasteiger partial charge < -0.3 is 20.4 Å². The van der Waals surface area contributed by atoms with Gasteiger partial charge in [0.25, 0.3) is 0 Å². The molecule has 2 fully saturated rings. The number of aryl methyl sites for hydroxylation is 2. The molecule has 0 N–H and O–H groups in total. The van der Waals surface area contributed by atoms with Crippen molar-refractivity contribution in [2.45, 2.75) is 142 Å². The van der Waals surface area contributed by atoms with Gasteiger partial charge in [-0.05, 0) is 59.8 Å². The fraction of sp³-hybridized carbons (Fsp3) is 0.611. The van der Waals surface area contributed by atoms with Crippen molar-refractivity contribution in [3.8, 4) is 11.5 Å². The minimum atomic E-state index is -0.614. The maximum absolute atomic E-state index is 12.6. The number of hydrogen-bond donors (Lipinski definition) is 0. The maximum Gasteiger partial charge on any atom is 4.00 e. The molecule has 0 aromatic heterocycles. The summed E-state index contributed by atoms with van der Waals surface area (Å²) < 4.78 is 0. The van der Waals surface area contributed by atoms with Crippen LogP contribution >= 0.6 is 0 Å². The fourth-order valence-corrected chi connectivity index (χ4v) is 5.76. The van der Waals surface area contributed by atoms with Crippen molar-refractivity contribution in [1.29, 1.82) is 0 Å². The Kier molecular flexibility index (Phi) is 13.7. The van der Waals surface area contributed by atoms with E-state index in [0.717, 1.165) is 60.8 Å². The molecule has 4 atom stereocenters. The van der Waals surface area contributed by atoms with Crippen molar-refractivity contribution in [3.63, 3.8) is 0 Å². The number of aliphatic imine (C=N–C) groups is 2. The predicted molar refractivity (Wildman–Crippen MR) is 166 cm³/mol. The first kappa shape index (κ1) is 37.2. The van der Waals surface area contributed by atoms with Gasteiger partial charge in [-0.2, -0.15) is 0 Å². The Labute approximate surface area is 274 Å². The van der Waals surface area contributed by atoms with E-state index in [2.05, 4.69) is 9.98 Å². The molecular formula is C36H50N2O4Ti. The molecule has 0 amide bonds. The van der Waals surface area contributed by atoms with E-state index in [1.807, 2.05) is 79.7 Å². The van der Waals surface area contributed by atoms with Gasteiger partial charge in [-0.1, -0.05) is 127 Å². The fourth-order valence-electron chi connectivity index (χ4n) is 5.76. The molecule has 2 saturated carbocycles. The molecule has 2 aromatic carbocycles. The van der Waals surface area contributed by atoms with Crippen LogP contribution in [0.4, 0.5) is 0 Å². The SMILES string of the molecule is Cc1cc(C=N[C@@H]2CCCC[C@H]2[O-])c([O-])c(C(C)(C)C)c1.Cc1cc(C=N[C@@H]2CCCC[C@H]2[O-])c([O-])c(C(C)(C)C)c1.[Ti+4]. The van der Waals surface area contributed by atoms with Gasteiger partial charge in [0.1, 0.15) is 0 Å². The zero-order chi connectivity index (χ0) is 31.2. The second-order valence-electron chi connectivity index (χ2n) is 14.3. The summed E-state index contributed by atoms with van der Waals surface area (Å²) in [4.78, 5) is 8.84. The number of benzene rings is 2. The van der Waals surface area contributed by atoms with E-state index in [1.165, 1.54) is 0 Å². The van der Waals surface area contributed by atoms with Crippen LogP contribution in [0.5, 0.6) is 11.5 Å². The summed E-state index contributed by atoms with van der Waals surface area (Å²) in [6.07, 6.45) is 9.26. The van der Waals surface area contributed by atoms with Crippen molar-refractivity contribution in [2.24, 2.45) is 9.98 Å². The normalized spacial score (nSPS) is 23.1. The number of rotatable bonds is 4. The van der Waals surface area contributed by atoms with Gasteiger partial charge in [0.15, 0.2) is 0 Å². The largest absolute Gasteiger partial charge is 4.00 e. The summed E-state index contributed by atoms with van der Waals surface area (Å²) in [5, 5.41) is 48.9. The minimum absolute atomic E-state index is 0. The van der Waals surface area contributed by atoms with Crippen LogP contribution in [-0.4, -0.2) is 36.7 Å². The molecule has 0 bridgehead atoms. The Morgan fingerprint density at radius 1 is 0.605 bits per heavy atom. The molecule has 2 aliphatic carbocycles. The summed E-state index contributed by atoms with van der Waals surface area (Å²) in [5.74, 6) is 0.0743. The molecule has 4 rings (SSSR count). The molecule has 0 aliphatic heterocycles. The van der Waals surface area contributed by atoms with Crippen LogP contribution in [-0.2, 0) is 32.5 Å². The summed E-state index contributed by atoms with van der Waals surface area (Å²) in [7, 11) is 0. The summed E-state index contributed by atoms with van der Waals surface area (Å²) >= 11 is 0. The van der Waals surface area contributed by atoms with Gasteiger partial charge in [-0.15, -0.1) is 12.2 Å². The average molecular weight is 623 g/mol. The van der Waals surface area contributed by atoms with Crippen LogP contribution in [0.25, 0.3) is 0 Å². The molecule has 232 valence electrons. The van der Waals surface area contributed by atoms with Crippen molar-refractivity contribution >= 4 is 12.4 Å². The van der Waals surface area contributed by atoms with Crippen LogP contribution in [0.3, 0.4) is 0 Å². The first-order valence-corrected chi connectivity index (χ1v) is 15.6. The van der Waals surface area contributed by atoms with Crippen molar-refractivity contribution in [3.05, 3.63) is 57.6 Å². The molecule has 0 radical (unpaired) electrons. The quantitative estimate of drug-likeness (QED) is 0.356. The molecule has 2 aromatic rings. The summed E-state index contributed by atoms with van der Waals surface area (Å²) in [6.45, 7) is 16.2. The van der Waals surface area contributed by atoms with Gasteiger partial charge in [0.05, 0.1) is 0 Å². The molecular weight excluding hydrogens is 572 g/mol. The second kappa shape index (κ2) is 15.8. The molecule has 43 heavy (non-hydrogen) atoms. The van der Waals surface area contributed by atoms with E-state index in [0.29, 0.717) is 24.0 Å². The van der Waals surface area contributed by atoms with Crippen molar-refractivity contribution in [2.75, 3.05) is 0 Å². The molecule has 0 heterocycles. The molecule has 0 unspecified atom stereocenters. The van der Waals surface area contributed by atoms with E-state index in [9.17, 15) is 20.4 Å². The van der Waals surface area contributed by atoms with Crippen LogP contribution < -0.4 is 20.4 Å². The van der Waals surface area contributed by atoms with Gasteiger partial charge in [-0.25, -0.2) is 0 Å². The minimum Gasteiger partial charge on any atom is -0.872 e. The van der Waals surface area contributed by atoms with Gasteiger partial charge in [-0.3, -0.25) is 9.98 Å². The zero-order valence-electron chi connectivity index (χ0n) is 27.5. The van der Waals surface area contributed by atoms with Gasteiger partial charge in [0, 0.05) is 24.5 Å². The monoisotopic (exact) mass is 622 g/mol. The van der Waals surface area contributed by atoms with Gasteiger partial charge >= 0.3 is 21.7 Å². The smallest absolute Gasteiger partial charge is 0.872 e. The Balaban J connectivity index is 0.000000293. The first-order valence-electron chi connectivity index (χ1n) is 15.6. The second-order valence-corrected chi connectivity index (χ2v) is 14.3. The third-order valence-corrected chi connectivity index (χ3v) is 8.29. The average Bonchev–Trinajstić information content (AvgIpc) is 2.90. The molecule has 7 heteroatoms. The van der Waals surface area contributed by atoms with Crippen LogP contribution in [0.2, 0.25) is 0 Å². The molecule has 2 aliphatic rings. The molecule has 0 saturated heterocycles. The third kappa shape index (κ3) is 10.6. The van der Waals surface area contributed by atoms with E-state index < -0.39 is 12.2 Å². The Bertz CT molecular complexity index is 1160. The Morgan fingerprint density at radius 3 is 1.23 bits per heavy atom. The Morgan fingerprint density at radius 2 is 0.930 bits per heavy atom. The van der Waals surface area contributed by atoms with Crippen molar-refractivity contribution in [1.82, 2.24) is 0 Å². The Hall–Kier alpha value is -1.99. The first-order chi connectivity index (χ1) is 19.6. The van der Waals surface area contributed by atoms with E-state index >= 15 is 0 Å². The van der Waals surface area contributed by atoms with Crippen molar-refractivity contribution < 1.29 is 42.1 Å². The summed E-state index contributed by atoms with van der Waals surface area (Å²) in [6, 6.07) is 7.30. The predicted octanol–water partition coefficient (Wildman–Crippen LogP) is 4.91. The van der Waals surface area contributed by atoms with E-state index in [1.54, 1.807) is 12.4 Å². The van der Waals surface area contributed by atoms with Crippen LogP contribution in [0.1, 0.15) is 126 Å². The standard InChI is InChI=1S/2C18H26NO2.Ti/c2*1-12-9-13(17(21)14(10-12)18(2,3)4)11-19-15-7-5-6-8-16(15)20;/h2*9-11,15-16,21H,5-8H2,1-4H3;/q2*-1;+4/p-2/t2*15-,16-;/m11./s1. The number of hydrogen-bond acceptors (Lipinski definition) is 6. The van der Waals surface area contributed by atoms with Crippen LogP contribution in [0, 0.1) is 13.8 Å². The van der Waals surface area contributed by atoms with Gasteiger partial charge in [0.2, 0.25) is 0 Å². The maximum atomic E-state index is 12.6. The summed E-state index contributed by atoms with van der Waals surface area (Å²) in [5.41, 5.74) is 4.59. The molecule has 0 spiro atoms. The molecule has 6 nitrogen and oxygen atoms in total. The zero-order valence-corrected chi connectivity index (χ0v) is 29.0. The van der Waals surface area contributed by atoms with Crippen LogP contribution in [0.15, 0.2) is 34.3 Å². The topological polar surface area (TPSA) is 117 Å².